The van der Waals surface area contributed by atoms with E-state index in [-0.39, 0.29) is 5.41 Å². The van der Waals surface area contributed by atoms with Crippen molar-refractivity contribution in [3.05, 3.63) is 65.7 Å². The Kier molecular flexibility index (Phi) is 2.10. The second-order valence-corrected chi connectivity index (χ2v) is 6.10. The SMILES string of the molecule is CC1(C)c2ccc3ccccc3c2-c2cccc(N)c21. The first-order chi connectivity index (χ1) is 9.60. The maximum absolute atomic E-state index is 6.27. The van der Waals surface area contributed by atoms with Crippen molar-refractivity contribution in [2.75, 3.05) is 5.73 Å². The van der Waals surface area contributed by atoms with Crippen LogP contribution in [0.3, 0.4) is 0 Å². The van der Waals surface area contributed by atoms with Crippen LogP contribution in [0.1, 0.15) is 25.0 Å². The van der Waals surface area contributed by atoms with Crippen LogP contribution in [0.5, 0.6) is 0 Å². The molecule has 0 atom stereocenters. The van der Waals surface area contributed by atoms with E-state index in [2.05, 4.69) is 62.4 Å². The van der Waals surface area contributed by atoms with Gasteiger partial charge in [0.1, 0.15) is 0 Å². The summed E-state index contributed by atoms with van der Waals surface area (Å²) < 4.78 is 0. The fourth-order valence-electron chi connectivity index (χ4n) is 3.69. The van der Waals surface area contributed by atoms with Crippen molar-refractivity contribution in [1.29, 1.82) is 0 Å². The predicted molar refractivity (Wildman–Crippen MR) is 85.9 cm³/mol. The first kappa shape index (κ1) is 11.5. The summed E-state index contributed by atoms with van der Waals surface area (Å²) in [6, 6.07) is 19.3. The molecule has 0 unspecified atom stereocenters. The Hall–Kier alpha value is -2.28. The highest BCUT2D eigenvalue weighted by atomic mass is 14.6. The van der Waals surface area contributed by atoms with E-state index in [1.165, 1.54) is 33.0 Å². The van der Waals surface area contributed by atoms with Gasteiger partial charge in [0.05, 0.1) is 0 Å². The van der Waals surface area contributed by atoms with Gasteiger partial charge in [-0.25, -0.2) is 0 Å². The molecule has 4 rings (SSSR count). The van der Waals surface area contributed by atoms with E-state index in [9.17, 15) is 0 Å². The monoisotopic (exact) mass is 259 g/mol. The van der Waals surface area contributed by atoms with Gasteiger partial charge in [-0.1, -0.05) is 62.4 Å². The van der Waals surface area contributed by atoms with Gasteiger partial charge in [0.2, 0.25) is 0 Å². The molecule has 0 radical (unpaired) electrons. The number of anilines is 1. The Labute approximate surface area is 119 Å². The molecule has 1 heteroatoms. The zero-order chi connectivity index (χ0) is 13.9. The average molecular weight is 259 g/mol. The molecule has 0 fully saturated rings. The first-order valence-electron chi connectivity index (χ1n) is 7.02. The molecule has 98 valence electrons. The molecule has 0 spiro atoms. The Morgan fingerprint density at radius 2 is 1.65 bits per heavy atom. The van der Waals surface area contributed by atoms with Crippen LogP contribution in [0.25, 0.3) is 21.9 Å². The number of fused-ring (bicyclic) bond motifs is 5. The van der Waals surface area contributed by atoms with Crippen LogP contribution < -0.4 is 5.73 Å². The van der Waals surface area contributed by atoms with Gasteiger partial charge >= 0.3 is 0 Å². The molecule has 2 N–H and O–H groups in total. The molecule has 0 aliphatic heterocycles. The van der Waals surface area contributed by atoms with Crippen molar-refractivity contribution in [3.63, 3.8) is 0 Å². The van der Waals surface area contributed by atoms with Gasteiger partial charge in [0.15, 0.2) is 0 Å². The molecule has 1 aliphatic carbocycles. The van der Waals surface area contributed by atoms with E-state index in [1.54, 1.807) is 0 Å². The number of rotatable bonds is 0. The Bertz CT molecular complexity index is 844. The third-order valence-electron chi connectivity index (χ3n) is 4.59. The normalized spacial score (nSPS) is 15.1. The van der Waals surface area contributed by atoms with E-state index < -0.39 is 0 Å². The Morgan fingerprint density at radius 1 is 0.850 bits per heavy atom. The molecule has 3 aromatic carbocycles. The fourth-order valence-corrected chi connectivity index (χ4v) is 3.69. The van der Waals surface area contributed by atoms with Crippen molar-refractivity contribution in [1.82, 2.24) is 0 Å². The topological polar surface area (TPSA) is 26.0 Å². The summed E-state index contributed by atoms with van der Waals surface area (Å²) in [5.74, 6) is 0. The first-order valence-corrected chi connectivity index (χ1v) is 7.02. The molecule has 0 heterocycles. The molecule has 0 amide bonds. The van der Waals surface area contributed by atoms with Crippen LogP contribution in [0.15, 0.2) is 54.6 Å². The maximum atomic E-state index is 6.27. The lowest BCUT2D eigenvalue weighted by atomic mass is 9.81. The van der Waals surface area contributed by atoms with Gasteiger partial charge in [-0.2, -0.15) is 0 Å². The zero-order valence-corrected chi connectivity index (χ0v) is 11.8. The van der Waals surface area contributed by atoms with E-state index >= 15 is 0 Å². The molecule has 0 saturated heterocycles. The van der Waals surface area contributed by atoms with Crippen LogP contribution in [-0.4, -0.2) is 0 Å². The van der Waals surface area contributed by atoms with E-state index in [0.717, 1.165) is 5.69 Å². The lowest BCUT2D eigenvalue weighted by Crippen LogP contribution is -2.16. The van der Waals surface area contributed by atoms with E-state index in [4.69, 9.17) is 5.73 Å². The van der Waals surface area contributed by atoms with Crippen LogP contribution in [0.4, 0.5) is 5.69 Å². The molecular formula is C19H17N. The molecular weight excluding hydrogens is 242 g/mol. The minimum absolute atomic E-state index is 0.0277. The summed E-state index contributed by atoms with van der Waals surface area (Å²) in [6.07, 6.45) is 0. The third-order valence-corrected chi connectivity index (χ3v) is 4.59. The molecule has 0 saturated carbocycles. The van der Waals surface area contributed by atoms with Crippen LogP contribution in [-0.2, 0) is 5.41 Å². The number of hydrogen-bond acceptors (Lipinski definition) is 1. The van der Waals surface area contributed by atoms with Crippen molar-refractivity contribution in [3.8, 4) is 11.1 Å². The number of hydrogen-bond donors (Lipinski definition) is 1. The molecule has 0 bridgehead atoms. The second kappa shape index (κ2) is 3.63. The fraction of sp³-hybridized carbons (Fsp3) is 0.158. The van der Waals surface area contributed by atoms with Gasteiger partial charge in [-0.15, -0.1) is 0 Å². The predicted octanol–water partition coefficient (Wildman–Crippen LogP) is 4.73. The molecule has 1 aliphatic rings. The molecule has 3 aromatic rings. The summed E-state index contributed by atoms with van der Waals surface area (Å²) >= 11 is 0. The average Bonchev–Trinajstić information content (AvgIpc) is 2.69. The summed E-state index contributed by atoms with van der Waals surface area (Å²) in [5.41, 5.74) is 12.4. The van der Waals surface area contributed by atoms with Crippen molar-refractivity contribution in [2.45, 2.75) is 19.3 Å². The summed E-state index contributed by atoms with van der Waals surface area (Å²) in [7, 11) is 0. The highest BCUT2D eigenvalue weighted by Gasteiger charge is 2.37. The number of benzene rings is 3. The number of nitrogen functional groups attached to an aromatic ring is 1. The van der Waals surface area contributed by atoms with Crippen molar-refractivity contribution >= 4 is 16.5 Å². The molecule has 0 aromatic heterocycles. The minimum atomic E-state index is -0.0277. The smallest absolute Gasteiger partial charge is 0.0361 e. The highest BCUT2D eigenvalue weighted by molar-refractivity contribution is 6.03. The van der Waals surface area contributed by atoms with E-state index in [1.807, 2.05) is 6.07 Å². The Morgan fingerprint density at radius 3 is 2.50 bits per heavy atom. The minimum Gasteiger partial charge on any atom is -0.398 e. The zero-order valence-electron chi connectivity index (χ0n) is 11.8. The second-order valence-electron chi connectivity index (χ2n) is 6.10. The van der Waals surface area contributed by atoms with Crippen molar-refractivity contribution < 1.29 is 0 Å². The third kappa shape index (κ3) is 1.27. The number of nitrogens with two attached hydrogens (primary N) is 1. The maximum Gasteiger partial charge on any atom is 0.0361 e. The van der Waals surface area contributed by atoms with Gasteiger partial charge in [0.25, 0.3) is 0 Å². The quantitative estimate of drug-likeness (QED) is 0.580. The van der Waals surface area contributed by atoms with Gasteiger partial charge in [-0.3, -0.25) is 0 Å². The van der Waals surface area contributed by atoms with Gasteiger partial charge in [0, 0.05) is 11.1 Å². The van der Waals surface area contributed by atoms with Gasteiger partial charge < -0.3 is 5.73 Å². The van der Waals surface area contributed by atoms with Crippen LogP contribution in [0.2, 0.25) is 0 Å². The summed E-state index contributed by atoms with van der Waals surface area (Å²) in [4.78, 5) is 0. The highest BCUT2D eigenvalue weighted by Crippen LogP contribution is 2.52. The summed E-state index contributed by atoms with van der Waals surface area (Å²) in [6.45, 7) is 4.53. The standard InChI is InChI=1S/C19H17N/c1-19(2)15-11-10-12-6-3-4-7-13(12)17(15)14-8-5-9-16(20)18(14)19/h3-11H,20H2,1-2H3. The van der Waals surface area contributed by atoms with Crippen LogP contribution >= 0.6 is 0 Å². The lowest BCUT2D eigenvalue weighted by molar-refractivity contribution is 0.663. The van der Waals surface area contributed by atoms with Crippen molar-refractivity contribution in [2.24, 2.45) is 0 Å². The summed E-state index contributed by atoms with van der Waals surface area (Å²) in [5, 5.41) is 2.61. The van der Waals surface area contributed by atoms with E-state index in [0.29, 0.717) is 0 Å². The molecule has 1 nitrogen and oxygen atoms in total. The lowest BCUT2D eigenvalue weighted by Gasteiger charge is -2.23. The van der Waals surface area contributed by atoms with Gasteiger partial charge in [-0.05, 0) is 39.1 Å². The Balaban J connectivity index is 2.23. The van der Waals surface area contributed by atoms with Crippen LogP contribution in [0, 0.1) is 0 Å². The molecule has 20 heavy (non-hydrogen) atoms. The largest absolute Gasteiger partial charge is 0.398 e.